The number of aryl methyl sites for hydroxylation is 1. The molecule has 0 fully saturated rings. The highest BCUT2D eigenvalue weighted by Crippen LogP contribution is 2.28. The van der Waals surface area contributed by atoms with Crippen molar-refractivity contribution >= 4 is 54.0 Å². The summed E-state index contributed by atoms with van der Waals surface area (Å²) >= 11 is 7.12. The van der Waals surface area contributed by atoms with Gasteiger partial charge in [-0.05, 0) is 42.8 Å². The third kappa shape index (κ3) is 4.18. The van der Waals surface area contributed by atoms with Gasteiger partial charge in [0.05, 0.1) is 20.9 Å². The maximum absolute atomic E-state index is 12.2. The summed E-state index contributed by atoms with van der Waals surface area (Å²) in [4.78, 5) is 16.6. The molecule has 130 valence electrons. The number of aromatic nitrogens is 1. The molecule has 3 aromatic rings. The molecule has 25 heavy (non-hydrogen) atoms. The Morgan fingerprint density at radius 1 is 1.20 bits per heavy atom. The minimum Gasteiger partial charge on any atom is -0.302 e. The van der Waals surface area contributed by atoms with Crippen LogP contribution in [0.25, 0.3) is 10.2 Å². The van der Waals surface area contributed by atoms with Gasteiger partial charge < -0.3 is 5.32 Å². The van der Waals surface area contributed by atoms with Gasteiger partial charge in [-0.2, -0.15) is 0 Å². The van der Waals surface area contributed by atoms with Gasteiger partial charge in [0.2, 0.25) is 5.91 Å². The number of sulfone groups is 1. The van der Waals surface area contributed by atoms with Crippen molar-refractivity contribution in [2.24, 2.45) is 0 Å². The summed E-state index contributed by atoms with van der Waals surface area (Å²) in [6, 6.07) is 11.7. The zero-order valence-corrected chi connectivity index (χ0v) is 15.7. The first-order valence-electron chi connectivity index (χ1n) is 7.49. The number of para-hydroxylation sites is 1. The molecule has 0 aliphatic carbocycles. The summed E-state index contributed by atoms with van der Waals surface area (Å²) in [6.07, 6.45) is -0.139. The minimum absolute atomic E-state index is 0.139. The normalized spacial score (nSPS) is 11.6. The predicted molar refractivity (Wildman–Crippen MR) is 101 cm³/mol. The van der Waals surface area contributed by atoms with Gasteiger partial charge in [0.25, 0.3) is 0 Å². The monoisotopic (exact) mass is 394 g/mol. The number of thiazole rings is 1. The molecule has 3 rings (SSSR count). The van der Waals surface area contributed by atoms with E-state index in [9.17, 15) is 13.2 Å². The Kier molecular flexibility index (Phi) is 5.08. The first-order chi connectivity index (χ1) is 11.8. The molecule has 0 aliphatic heterocycles. The van der Waals surface area contributed by atoms with Crippen molar-refractivity contribution in [2.45, 2.75) is 18.2 Å². The molecule has 0 radical (unpaired) electrons. The number of benzene rings is 2. The zero-order valence-electron chi connectivity index (χ0n) is 13.3. The molecule has 0 unspecified atom stereocenters. The molecule has 1 amide bonds. The Labute approximate surface area is 154 Å². The van der Waals surface area contributed by atoms with Gasteiger partial charge in [-0.15, -0.1) is 0 Å². The highest BCUT2D eigenvalue weighted by molar-refractivity contribution is 7.91. The Morgan fingerprint density at radius 3 is 2.60 bits per heavy atom. The van der Waals surface area contributed by atoms with Crippen LogP contribution in [0.1, 0.15) is 12.0 Å². The van der Waals surface area contributed by atoms with Gasteiger partial charge in [0.15, 0.2) is 15.0 Å². The van der Waals surface area contributed by atoms with Crippen LogP contribution in [-0.4, -0.2) is 25.1 Å². The molecule has 0 spiro atoms. The number of rotatable bonds is 5. The van der Waals surface area contributed by atoms with Crippen LogP contribution in [-0.2, 0) is 14.6 Å². The van der Waals surface area contributed by atoms with Crippen LogP contribution in [0.5, 0.6) is 0 Å². The van der Waals surface area contributed by atoms with E-state index in [1.54, 1.807) is 0 Å². The van der Waals surface area contributed by atoms with E-state index in [1.807, 2.05) is 25.1 Å². The zero-order chi connectivity index (χ0) is 18.0. The lowest BCUT2D eigenvalue weighted by molar-refractivity contribution is -0.115. The number of nitrogens with zero attached hydrogens (tertiary/aromatic N) is 1. The Bertz CT molecular complexity index is 1030. The molecule has 1 heterocycles. The van der Waals surface area contributed by atoms with E-state index in [2.05, 4.69) is 10.3 Å². The molecule has 0 atom stereocenters. The van der Waals surface area contributed by atoms with Crippen molar-refractivity contribution in [1.82, 2.24) is 4.98 Å². The number of nitrogens with one attached hydrogen (secondary N) is 1. The van der Waals surface area contributed by atoms with Crippen molar-refractivity contribution in [3.05, 3.63) is 53.1 Å². The van der Waals surface area contributed by atoms with Gasteiger partial charge in [0, 0.05) is 11.4 Å². The summed E-state index contributed by atoms with van der Waals surface area (Å²) in [7, 11) is -3.53. The molecule has 8 heteroatoms. The summed E-state index contributed by atoms with van der Waals surface area (Å²) in [5.74, 6) is -0.654. The number of hydrogen-bond donors (Lipinski definition) is 1. The molecule has 2 aromatic carbocycles. The molecule has 0 saturated carbocycles. The van der Waals surface area contributed by atoms with Crippen LogP contribution in [0.2, 0.25) is 5.02 Å². The lowest BCUT2D eigenvalue weighted by Gasteiger charge is -2.04. The molecule has 0 aliphatic rings. The molecule has 0 saturated heterocycles. The fourth-order valence-electron chi connectivity index (χ4n) is 2.31. The van der Waals surface area contributed by atoms with Crippen molar-refractivity contribution in [1.29, 1.82) is 0 Å². The van der Waals surface area contributed by atoms with Crippen LogP contribution in [0.3, 0.4) is 0 Å². The maximum Gasteiger partial charge on any atom is 0.227 e. The number of hydrogen-bond acceptors (Lipinski definition) is 5. The summed E-state index contributed by atoms with van der Waals surface area (Å²) in [5, 5.41) is 3.61. The fraction of sp³-hybridized carbons (Fsp3) is 0.176. The average molecular weight is 395 g/mol. The summed E-state index contributed by atoms with van der Waals surface area (Å²) in [6.45, 7) is 1.95. The van der Waals surface area contributed by atoms with Crippen molar-refractivity contribution in [3.8, 4) is 0 Å². The smallest absolute Gasteiger partial charge is 0.227 e. The number of fused-ring (bicyclic) bond motifs is 1. The van der Waals surface area contributed by atoms with Gasteiger partial charge in [0.1, 0.15) is 0 Å². The topological polar surface area (TPSA) is 76.1 Å². The lowest BCUT2D eigenvalue weighted by atomic mass is 10.2. The Morgan fingerprint density at radius 2 is 1.92 bits per heavy atom. The Balaban J connectivity index is 1.65. The highest BCUT2D eigenvalue weighted by atomic mass is 35.5. The van der Waals surface area contributed by atoms with Gasteiger partial charge in [-0.1, -0.05) is 35.1 Å². The van der Waals surface area contributed by atoms with Gasteiger partial charge in [-0.25, -0.2) is 13.4 Å². The van der Waals surface area contributed by atoms with E-state index >= 15 is 0 Å². The second kappa shape index (κ2) is 7.11. The van der Waals surface area contributed by atoms with Crippen LogP contribution in [0.15, 0.2) is 47.4 Å². The van der Waals surface area contributed by atoms with E-state index in [4.69, 9.17) is 11.6 Å². The summed E-state index contributed by atoms with van der Waals surface area (Å²) < 4.78 is 25.5. The Hall–Kier alpha value is -1.96. The molecule has 0 bridgehead atoms. The predicted octanol–water partition coefficient (Wildman–Crippen LogP) is 4.06. The number of carbonyl (C=O) groups is 1. The number of halogens is 1. The average Bonchev–Trinajstić information content (AvgIpc) is 2.97. The first-order valence-corrected chi connectivity index (χ1v) is 10.3. The quantitative estimate of drug-likeness (QED) is 0.707. The van der Waals surface area contributed by atoms with E-state index < -0.39 is 9.84 Å². The van der Waals surface area contributed by atoms with E-state index in [0.717, 1.165) is 15.8 Å². The van der Waals surface area contributed by atoms with Gasteiger partial charge >= 0.3 is 0 Å². The van der Waals surface area contributed by atoms with Crippen LogP contribution in [0, 0.1) is 6.92 Å². The minimum atomic E-state index is -3.53. The number of anilines is 1. The van der Waals surface area contributed by atoms with Crippen LogP contribution < -0.4 is 5.32 Å². The van der Waals surface area contributed by atoms with E-state index in [0.29, 0.717) is 10.2 Å². The number of carbonyl (C=O) groups excluding carboxylic acids is 1. The lowest BCUT2D eigenvalue weighted by Crippen LogP contribution is -2.17. The third-order valence-electron chi connectivity index (χ3n) is 3.64. The fourth-order valence-corrected chi connectivity index (χ4v) is 4.63. The largest absolute Gasteiger partial charge is 0.302 e. The molecular weight excluding hydrogens is 380 g/mol. The van der Waals surface area contributed by atoms with Crippen molar-refractivity contribution in [2.75, 3.05) is 11.1 Å². The SMILES string of the molecule is Cc1cccc2sc(NC(=O)CCS(=O)(=O)c3ccc(Cl)cc3)nc12. The molecule has 1 N–H and O–H groups in total. The third-order valence-corrected chi connectivity index (χ3v) is 6.56. The standard InChI is InChI=1S/C17H15ClN2O3S2/c1-11-3-2-4-14-16(11)20-17(24-14)19-15(21)9-10-25(22,23)13-7-5-12(18)6-8-13/h2-8H,9-10H2,1H3,(H,19,20,21). The van der Waals surface area contributed by atoms with E-state index in [1.165, 1.54) is 35.6 Å². The molecular formula is C17H15ClN2O3S2. The highest BCUT2D eigenvalue weighted by Gasteiger charge is 2.17. The van der Waals surface area contributed by atoms with E-state index in [-0.39, 0.29) is 23.0 Å². The summed E-state index contributed by atoms with van der Waals surface area (Å²) in [5.41, 5.74) is 1.87. The van der Waals surface area contributed by atoms with Crippen LogP contribution in [0.4, 0.5) is 5.13 Å². The maximum atomic E-state index is 12.2. The second-order valence-corrected chi connectivity index (χ2v) is 9.09. The molecule has 5 nitrogen and oxygen atoms in total. The van der Waals surface area contributed by atoms with Crippen molar-refractivity contribution in [3.63, 3.8) is 0 Å². The van der Waals surface area contributed by atoms with Gasteiger partial charge in [-0.3, -0.25) is 4.79 Å². The van der Waals surface area contributed by atoms with Crippen LogP contribution >= 0.6 is 22.9 Å². The first kappa shape index (κ1) is 17.8. The number of amides is 1. The second-order valence-electron chi connectivity index (χ2n) is 5.51. The molecule has 1 aromatic heterocycles. The van der Waals surface area contributed by atoms with Crippen molar-refractivity contribution < 1.29 is 13.2 Å².